The molecule has 0 radical (unpaired) electrons. The molecule has 1 aromatic carbocycles. The quantitative estimate of drug-likeness (QED) is 0.801. The summed E-state index contributed by atoms with van der Waals surface area (Å²) in [5.74, 6) is -1.08. The molecule has 1 atom stereocenters. The van der Waals surface area contributed by atoms with Crippen LogP contribution in [0.3, 0.4) is 0 Å². The average Bonchev–Trinajstić information content (AvgIpc) is 2.83. The van der Waals surface area contributed by atoms with Crippen LogP contribution in [0.25, 0.3) is 0 Å². The van der Waals surface area contributed by atoms with Crippen LogP contribution in [0.4, 0.5) is 0 Å². The van der Waals surface area contributed by atoms with Crippen molar-refractivity contribution >= 4 is 11.7 Å². The third-order valence-electron chi connectivity index (χ3n) is 4.20. The van der Waals surface area contributed by atoms with E-state index < -0.39 is 17.7 Å². The molecule has 6 heteroatoms. The minimum atomic E-state index is -0.687. The van der Waals surface area contributed by atoms with E-state index in [1.807, 2.05) is 6.92 Å². The average molecular weight is 333 g/mol. The number of ether oxygens (including phenoxy) is 1. The van der Waals surface area contributed by atoms with Gasteiger partial charge in [0.15, 0.2) is 23.0 Å². The number of phenols is 1. The molecule has 130 valence electrons. The first-order valence-corrected chi connectivity index (χ1v) is 8.10. The number of Topliss-reactive ketones (excluding diaryl/α,β-unsaturated/α-hetero) is 1. The Morgan fingerprint density at radius 2 is 2.00 bits per heavy atom. The van der Waals surface area contributed by atoms with Gasteiger partial charge in [0.25, 0.3) is 5.91 Å². The molecule has 6 nitrogen and oxygen atoms in total. The Morgan fingerprint density at radius 3 is 2.54 bits per heavy atom. The van der Waals surface area contributed by atoms with Gasteiger partial charge in [-0.15, -0.1) is 0 Å². The fraction of sp³-hybridized carbons (Fsp3) is 0.444. The zero-order chi connectivity index (χ0) is 17.9. The van der Waals surface area contributed by atoms with Crippen LogP contribution in [0.1, 0.15) is 44.7 Å². The van der Waals surface area contributed by atoms with E-state index in [1.165, 1.54) is 18.1 Å². The normalized spacial score (nSPS) is 17.5. The Labute approximate surface area is 141 Å². The highest BCUT2D eigenvalue weighted by Gasteiger charge is 2.42. The number of hydrogen-bond acceptors (Lipinski definition) is 5. The first kappa shape index (κ1) is 17.8. The number of amides is 1. The Bertz CT molecular complexity index is 680. The highest BCUT2D eigenvalue weighted by Crippen LogP contribution is 2.40. The maximum absolute atomic E-state index is 12.4. The van der Waals surface area contributed by atoms with Crippen molar-refractivity contribution in [1.82, 2.24) is 4.90 Å². The summed E-state index contributed by atoms with van der Waals surface area (Å²) in [6.45, 7) is 4.11. The Morgan fingerprint density at radius 1 is 1.29 bits per heavy atom. The van der Waals surface area contributed by atoms with Crippen LogP contribution in [0.2, 0.25) is 0 Å². The molecular weight excluding hydrogens is 310 g/mol. The number of ketones is 1. The van der Waals surface area contributed by atoms with Crippen molar-refractivity contribution < 1.29 is 24.5 Å². The lowest BCUT2D eigenvalue weighted by Crippen LogP contribution is -2.32. The number of nitrogens with zero attached hydrogens (tertiary/aromatic N) is 1. The first-order valence-electron chi connectivity index (χ1n) is 8.10. The summed E-state index contributed by atoms with van der Waals surface area (Å²) >= 11 is 0. The summed E-state index contributed by atoms with van der Waals surface area (Å²) in [5.41, 5.74) is 0.668. The van der Waals surface area contributed by atoms with Crippen LogP contribution >= 0.6 is 0 Å². The highest BCUT2D eigenvalue weighted by atomic mass is 16.5. The first-order chi connectivity index (χ1) is 11.5. The van der Waals surface area contributed by atoms with Gasteiger partial charge in [-0.05, 0) is 24.1 Å². The van der Waals surface area contributed by atoms with E-state index in [9.17, 15) is 19.8 Å². The third kappa shape index (κ3) is 3.09. The standard InChI is InChI=1S/C18H23NO5/c1-4-6-9-19-16(11-7-8-14(24-3)13(21)10-11)15(12(20)5-2)17(22)18(19)23/h7-8,10,16,21-22H,4-6,9H2,1-3H3. The maximum Gasteiger partial charge on any atom is 0.290 e. The van der Waals surface area contributed by atoms with Crippen molar-refractivity contribution in [2.24, 2.45) is 0 Å². The summed E-state index contributed by atoms with van der Waals surface area (Å²) in [6.07, 6.45) is 1.82. The van der Waals surface area contributed by atoms with E-state index in [0.717, 1.165) is 12.8 Å². The molecule has 0 aromatic heterocycles. The second kappa shape index (κ2) is 7.38. The van der Waals surface area contributed by atoms with Gasteiger partial charge in [0.2, 0.25) is 0 Å². The van der Waals surface area contributed by atoms with E-state index >= 15 is 0 Å². The molecule has 1 aliphatic heterocycles. The van der Waals surface area contributed by atoms with E-state index in [-0.39, 0.29) is 23.5 Å². The molecule has 0 fully saturated rings. The van der Waals surface area contributed by atoms with E-state index in [1.54, 1.807) is 19.1 Å². The van der Waals surface area contributed by atoms with E-state index in [4.69, 9.17) is 4.74 Å². The number of hydrogen-bond donors (Lipinski definition) is 2. The summed E-state index contributed by atoms with van der Waals surface area (Å²) in [7, 11) is 1.44. The maximum atomic E-state index is 12.4. The lowest BCUT2D eigenvalue weighted by molar-refractivity contribution is -0.129. The highest BCUT2D eigenvalue weighted by molar-refractivity contribution is 6.08. The molecule has 0 aliphatic carbocycles. The van der Waals surface area contributed by atoms with Crippen LogP contribution in [0.5, 0.6) is 11.5 Å². The minimum Gasteiger partial charge on any atom is -0.504 e. The number of aliphatic hydroxyl groups excluding tert-OH is 1. The molecule has 2 N–H and O–H groups in total. The van der Waals surface area contributed by atoms with Crippen molar-refractivity contribution in [3.8, 4) is 11.5 Å². The molecule has 0 spiro atoms. The number of methoxy groups -OCH3 is 1. The third-order valence-corrected chi connectivity index (χ3v) is 4.20. The SMILES string of the molecule is CCCCN1C(=O)C(O)=C(C(=O)CC)C1c1ccc(OC)c(O)c1. The molecule has 0 saturated heterocycles. The number of unbranched alkanes of at least 4 members (excludes halogenated alkanes) is 1. The van der Waals surface area contributed by atoms with Crippen LogP contribution < -0.4 is 4.74 Å². The monoisotopic (exact) mass is 333 g/mol. The predicted octanol–water partition coefficient (Wildman–Crippen LogP) is 2.88. The molecule has 0 bridgehead atoms. The molecule has 0 saturated carbocycles. The lowest BCUT2D eigenvalue weighted by atomic mass is 9.94. The predicted molar refractivity (Wildman–Crippen MR) is 89.0 cm³/mol. The lowest BCUT2D eigenvalue weighted by Gasteiger charge is -2.27. The van der Waals surface area contributed by atoms with Crippen molar-refractivity contribution in [3.05, 3.63) is 35.1 Å². The number of carbonyl (C=O) groups excluding carboxylic acids is 2. The molecule has 1 amide bonds. The van der Waals surface area contributed by atoms with Crippen molar-refractivity contribution in [1.29, 1.82) is 0 Å². The van der Waals surface area contributed by atoms with Crippen LogP contribution in [-0.4, -0.2) is 40.5 Å². The number of phenolic OH excluding ortho intramolecular Hbond substituents is 1. The fourth-order valence-electron chi connectivity index (χ4n) is 2.91. The number of benzene rings is 1. The van der Waals surface area contributed by atoms with Crippen molar-refractivity contribution in [3.63, 3.8) is 0 Å². The minimum absolute atomic E-state index is 0.0763. The largest absolute Gasteiger partial charge is 0.504 e. The van der Waals surface area contributed by atoms with Gasteiger partial charge in [0, 0.05) is 13.0 Å². The molecular formula is C18H23NO5. The van der Waals surface area contributed by atoms with Crippen molar-refractivity contribution in [2.75, 3.05) is 13.7 Å². The fourth-order valence-corrected chi connectivity index (χ4v) is 2.91. The smallest absolute Gasteiger partial charge is 0.290 e. The molecule has 1 unspecified atom stereocenters. The van der Waals surface area contributed by atoms with Gasteiger partial charge in [0.1, 0.15) is 0 Å². The topological polar surface area (TPSA) is 87.1 Å². The van der Waals surface area contributed by atoms with Gasteiger partial charge in [0.05, 0.1) is 18.7 Å². The van der Waals surface area contributed by atoms with Crippen LogP contribution in [0.15, 0.2) is 29.5 Å². The zero-order valence-electron chi connectivity index (χ0n) is 14.2. The number of aromatic hydroxyl groups is 1. The second-order valence-electron chi connectivity index (χ2n) is 5.72. The summed E-state index contributed by atoms with van der Waals surface area (Å²) in [5, 5.41) is 20.2. The van der Waals surface area contributed by atoms with Gasteiger partial charge >= 0.3 is 0 Å². The van der Waals surface area contributed by atoms with E-state index in [2.05, 4.69) is 0 Å². The summed E-state index contributed by atoms with van der Waals surface area (Å²) < 4.78 is 5.03. The number of aliphatic hydroxyl groups is 1. The van der Waals surface area contributed by atoms with Gasteiger partial charge in [-0.2, -0.15) is 0 Å². The van der Waals surface area contributed by atoms with Gasteiger partial charge < -0.3 is 19.8 Å². The van der Waals surface area contributed by atoms with Gasteiger partial charge in [-0.25, -0.2) is 0 Å². The van der Waals surface area contributed by atoms with E-state index in [0.29, 0.717) is 17.9 Å². The van der Waals surface area contributed by atoms with Crippen LogP contribution in [-0.2, 0) is 9.59 Å². The van der Waals surface area contributed by atoms with Gasteiger partial charge in [-0.3, -0.25) is 9.59 Å². The molecule has 1 heterocycles. The second-order valence-corrected chi connectivity index (χ2v) is 5.72. The number of rotatable bonds is 7. The van der Waals surface area contributed by atoms with Gasteiger partial charge in [-0.1, -0.05) is 26.3 Å². The van der Waals surface area contributed by atoms with Crippen molar-refractivity contribution in [2.45, 2.75) is 39.2 Å². The zero-order valence-corrected chi connectivity index (χ0v) is 14.2. The Kier molecular flexibility index (Phi) is 5.49. The van der Waals surface area contributed by atoms with Crippen LogP contribution in [0, 0.1) is 0 Å². The molecule has 24 heavy (non-hydrogen) atoms. The Hall–Kier alpha value is -2.50. The molecule has 1 aromatic rings. The molecule has 1 aliphatic rings. The summed E-state index contributed by atoms with van der Waals surface area (Å²) in [6, 6.07) is 4.05. The Balaban J connectivity index is 2.52. The molecule has 2 rings (SSSR count). The summed E-state index contributed by atoms with van der Waals surface area (Å²) in [4.78, 5) is 26.2. The number of carbonyl (C=O) groups is 2.